The van der Waals surface area contributed by atoms with Crippen molar-refractivity contribution < 1.29 is 4.79 Å². The van der Waals surface area contributed by atoms with Gasteiger partial charge in [-0.3, -0.25) is 15.2 Å². The van der Waals surface area contributed by atoms with E-state index in [1.54, 1.807) is 7.05 Å². The predicted molar refractivity (Wildman–Crippen MR) is 80.2 cm³/mol. The average Bonchev–Trinajstić information content (AvgIpc) is 2.36. The summed E-state index contributed by atoms with van der Waals surface area (Å²) >= 11 is 5.10. The monoisotopic (exact) mass is 273 g/mol. The molecule has 0 aliphatic heterocycles. The van der Waals surface area contributed by atoms with Crippen LogP contribution in [0, 0.1) is 0 Å². The maximum absolute atomic E-state index is 11.3. The first-order chi connectivity index (χ1) is 8.61. The zero-order valence-electron chi connectivity index (χ0n) is 11.9. The third-order valence-corrected chi connectivity index (χ3v) is 3.00. The second-order valence-corrected chi connectivity index (χ2v) is 4.85. The van der Waals surface area contributed by atoms with Gasteiger partial charge in [0, 0.05) is 20.0 Å². The highest BCUT2D eigenvalue weighted by Gasteiger charge is 2.06. The topological polar surface area (TPSA) is 44.4 Å². The van der Waals surface area contributed by atoms with Gasteiger partial charge in [0.05, 0.1) is 0 Å². The molecule has 0 aromatic carbocycles. The van der Waals surface area contributed by atoms with E-state index in [2.05, 4.69) is 17.7 Å². The average molecular weight is 273 g/mol. The van der Waals surface area contributed by atoms with E-state index in [1.165, 1.54) is 37.1 Å². The third kappa shape index (κ3) is 9.22. The Labute approximate surface area is 116 Å². The highest BCUT2D eigenvalue weighted by molar-refractivity contribution is 7.80. The number of nitrogens with zero attached hydrogens (tertiary/aromatic N) is 1. The van der Waals surface area contributed by atoms with Gasteiger partial charge >= 0.3 is 0 Å². The van der Waals surface area contributed by atoms with Gasteiger partial charge in [-0.15, -0.1) is 0 Å². The number of amides is 1. The molecule has 0 saturated carbocycles. The van der Waals surface area contributed by atoms with Gasteiger partial charge in [0.25, 0.3) is 0 Å². The van der Waals surface area contributed by atoms with E-state index >= 15 is 0 Å². The fourth-order valence-electron chi connectivity index (χ4n) is 1.60. The number of rotatable bonds is 8. The Morgan fingerprint density at radius 3 is 2.33 bits per heavy atom. The molecule has 5 heteroatoms. The normalized spacial score (nSPS) is 9.94. The second-order valence-electron chi connectivity index (χ2n) is 4.44. The lowest BCUT2D eigenvalue weighted by molar-refractivity contribution is -0.131. The van der Waals surface area contributed by atoms with Crippen LogP contribution in [0.15, 0.2) is 0 Å². The molecule has 0 aliphatic rings. The number of carbonyl (C=O) groups excluding carboxylic acids is 1. The molecule has 0 aromatic rings. The van der Waals surface area contributed by atoms with Crippen LogP contribution in [0.3, 0.4) is 0 Å². The largest absolute Gasteiger partial charge is 0.361 e. The van der Waals surface area contributed by atoms with Crippen LogP contribution in [-0.2, 0) is 4.79 Å². The van der Waals surface area contributed by atoms with Crippen molar-refractivity contribution in [3.63, 3.8) is 0 Å². The maximum Gasteiger partial charge on any atom is 0.240 e. The summed E-state index contributed by atoms with van der Waals surface area (Å²) in [6.07, 6.45) is 8.07. The summed E-state index contributed by atoms with van der Waals surface area (Å²) < 4.78 is 0. The molecule has 0 fully saturated rings. The zero-order valence-corrected chi connectivity index (χ0v) is 12.7. The number of unbranched alkanes of at least 4 members (excludes halogenated alkanes) is 5. The second kappa shape index (κ2) is 11.3. The fraction of sp³-hybridized carbons (Fsp3) is 0.846. The minimum atomic E-state index is 0.0266. The van der Waals surface area contributed by atoms with E-state index in [-0.39, 0.29) is 5.91 Å². The molecule has 0 radical (unpaired) electrons. The van der Waals surface area contributed by atoms with Crippen LogP contribution in [0.25, 0.3) is 0 Å². The van der Waals surface area contributed by atoms with Crippen molar-refractivity contribution in [1.29, 1.82) is 0 Å². The molecular formula is C13H27N3OS. The maximum atomic E-state index is 11.3. The van der Waals surface area contributed by atoms with Crippen molar-refractivity contribution in [1.82, 2.24) is 15.8 Å². The van der Waals surface area contributed by atoms with Gasteiger partial charge in [0.1, 0.15) is 0 Å². The van der Waals surface area contributed by atoms with E-state index in [0.29, 0.717) is 11.5 Å². The molecule has 0 aromatic heterocycles. The highest BCUT2D eigenvalue weighted by Crippen LogP contribution is 2.03. The molecule has 4 nitrogen and oxygen atoms in total. The minimum Gasteiger partial charge on any atom is -0.361 e. The first kappa shape index (κ1) is 17.2. The van der Waals surface area contributed by atoms with Crippen LogP contribution in [0.1, 0.15) is 58.8 Å². The smallest absolute Gasteiger partial charge is 0.240 e. The molecule has 18 heavy (non-hydrogen) atoms. The molecule has 0 heterocycles. The number of thiocarbonyl (C=S) groups is 1. The van der Waals surface area contributed by atoms with E-state index in [0.717, 1.165) is 13.0 Å². The van der Waals surface area contributed by atoms with E-state index < -0.39 is 0 Å². The Kier molecular flexibility index (Phi) is 10.7. The molecule has 0 atom stereocenters. The van der Waals surface area contributed by atoms with Crippen LogP contribution in [0.2, 0.25) is 0 Å². The van der Waals surface area contributed by atoms with E-state index in [1.807, 2.05) is 6.92 Å². The van der Waals surface area contributed by atoms with Gasteiger partial charge in [0.15, 0.2) is 5.11 Å². The predicted octanol–water partition coefficient (Wildman–Crippen LogP) is 2.59. The summed E-state index contributed by atoms with van der Waals surface area (Å²) in [5.41, 5.74) is 2.85. The van der Waals surface area contributed by atoms with Crippen LogP contribution >= 0.6 is 12.2 Å². The van der Waals surface area contributed by atoms with Crippen molar-refractivity contribution >= 4 is 23.2 Å². The standard InChI is InChI=1S/C13H27N3OS/c1-4-6-7-8-9-10-11-14-13(18)15-16(3)12(17)5-2/h4-11H2,1-3H3,(H2,14,15,18). The summed E-state index contributed by atoms with van der Waals surface area (Å²) in [5.74, 6) is 0.0266. The van der Waals surface area contributed by atoms with Crippen LogP contribution in [0.4, 0.5) is 0 Å². The Hall–Kier alpha value is -0.840. The lowest BCUT2D eigenvalue weighted by Crippen LogP contribution is -2.47. The number of nitrogens with one attached hydrogen (secondary N) is 2. The SMILES string of the molecule is CCCCCCCCNC(=S)NN(C)C(=O)CC. The lowest BCUT2D eigenvalue weighted by atomic mass is 10.1. The van der Waals surface area contributed by atoms with Crippen molar-refractivity contribution in [2.24, 2.45) is 0 Å². The molecular weight excluding hydrogens is 246 g/mol. The third-order valence-electron chi connectivity index (χ3n) is 2.76. The molecule has 0 spiro atoms. The van der Waals surface area contributed by atoms with Crippen molar-refractivity contribution in [2.45, 2.75) is 58.8 Å². The van der Waals surface area contributed by atoms with Gasteiger partial charge in [-0.2, -0.15) is 0 Å². The van der Waals surface area contributed by atoms with Gasteiger partial charge in [-0.05, 0) is 18.6 Å². The van der Waals surface area contributed by atoms with Crippen LogP contribution in [-0.4, -0.2) is 29.6 Å². The zero-order chi connectivity index (χ0) is 13.8. The fourth-order valence-corrected chi connectivity index (χ4v) is 1.84. The quantitative estimate of drug-likeness (QED) is 0.405. The molecule has 0 aliphatic carbocycles. The highest BCUT2D eigenvalue weighted by atomic mass is 32.1. The van der Waals surface area contributed by atoms with Gasteiger partial charge in [0.2, 0.25) is 5.91 Å². The van der Waals surface area contributed by atoms with E-state index in [9.17, 15) is 4.79 Å². The molecule has 106 valence electrons. The first-order valence-electron chi connectivity index (χ1n) is 6.92. The van der Waals surface area contributed by atoms with Gasteiger partial charge in [-0.1, -0.05) is 46.0 Å². The summed E-state index contributed by atoms with van der Waals surface area (Å²) in [5, 5.41) is 5.06. The molecule has 1 amide bonds. The van der Waals surface area contributed by atoms with E-state index in [4.69, 9.17) is 12.2 Å². The number of hydrogen-bond donors (Lipinski definition) is 2. The van der Waals surface area contributed by atoms with Crippen molar-refractivity contribution in [2.75, 3.05) is 13.6 Å². The first-order valence-corrected chi connectivity index (χ1v) is 7.33. The van der Waals surface area contributed by atoms with Gasteiger partial charge in [-0.25, -0.2) is 0 Å². The van der Waals surface area contributed by atoms with Crippen molar-refractivity contribution in [3.8, 4) is 0 Å². The minimum absolute atomic E-state index is 0.0266. The molecule has 2 N–H and O–H groups in total. The Balaban J connectivity index is 3.45. The molecule has 0 saturated heterocycles. The molecule has 0 rings (SSSR count). The number of hydrogen-bond acceptors (Lipinski definition) is 2. The Bertz CT molecular complexity index is 246. The van der Waals surface area contributed by atoms with Gasteiger partial charge < -0.3 is 5.32 Å². The summed E-state index contributed by atoms with van der Waals surface area (Å²) in [6.45, 7) is 4.92. The lowest BCUT2D eigenvalue weighted by Gasteiger charge is -2.19. The molecule has 0 unspecified atom stereocenters. The van der Waals surface area contributed by atoms with Crippen LogP contribution < -0.4 is 10.7 Å². The summed E-state index contributed by atoms with van der Waals surface area (Å²) in [4.78, 5) is 11.3. The number of hydrazine groups is 1. The molecule has 0 bridgehead atoms. The Morgan fingerprint density at radius 2 is 1.72 bits per heavy atom. The summed E-state index contributed by atoms with van der Waals surface area (Å²) in [6, 6.07) is 0. The van der Waals surface area contributed by atoms with Crippen molar-refractivity contribution in [3.05, 3.63) is 0 Å². The number of carbonyl (C=O) groups is 1. The Morgan fingerprint density at radius 1 is 1.11 bits per heavy atom. The summed E-state index contributed by atoms with van der Waals surface area (Å²) in [7, 11) is 1.69. The van der Waals surface area contributed by atoms with Crippen LogP contribution in [0.5, 0.6) is 0 Å².